The largest absolute Gasteiger partial charge is 0.492 e. The molecule has 7 heteroatoms. The van der Waals surface area contributed by atoms with Crippen molar-refractivity contribution in [2.24, 2.45) is 0 Å². The van der Waals surface area contributed by atoms with Gasteiger partial charge in [-0.3, -0.25) is 4.79 Å². The van der Waals surface area contributed by atoms with Crippen molar-refractivity contribution in [2.45, 2.75) is 32.3 Å². The number of hydrogen-bond acceptors (Lipinski definition) is 4. The lowest BCUT2D eigenvalue weighted by Crippen LogP contribution is -2.40. The molecule has 0 unspecified atom stereocenters. The fourth-order valence-electron chi connectivity index (χ4n) is 3.24. The average molecular weight is 397 g/mol. The second-order valence-corrected chi connectivity index (χ2v) is 6.99. The number of nitrogens with one attached hydrogen (secondary N) is 2. The van der Waals surface area contributed by atoms with Crippen LogP contribution in [0.4, 0.5) is 16.2 Å². The van der Waals surface area contributed by atoms with Gasteiger partial charge in [-0.25, -0.2) is 4.79 Å². The average Bonchev–Trinajstić information content (AvgIpc) is 2.71. The lowest BCUT2D eigenvalue weighted by Gasteiger charge is -2.29. The molecule has 0 aromatic heterocycles. The molecule has 3 amide bonds. The van der Waals surface area contributed by atoms with Gasteiger partial charge in [0, 0.05) is 18.8 Å². The third-order valence-electron chi connectivity index (χ3n) is 4.82. The number of carbonyl (C=O) groups excluding carboxylic acids is 2. The molecular weight excluding hydrogens is 370 g/mol. The van der Waals surface area contributed by atoms with Crippen LogP contribution < -0.4 is 15.4 Å². The topological polar surface area (TPSA) is 90.9 Å². The van der Waals surface area contributed by atoms with E-state index < -0.39 is 0 Å². The van der Waals surface area contributed by atoms with Gasteiger partial charge in [-0.2, -0.15) is 0 Å². The van der Waals surface area contributed by atoms with E-state index in [-0.39, 0.29) is 18.0 Å². The molecule has 1 fully saturated rings. The third kappa shape index (κ3) is 5.96. The van der Waals surface area contributed by atoms with Crippen LogP contribution in [0.2, 0.25) is 0 Å². The molecule has 29 heavy (non-hydrogen) atoms. The number of likely N-dealkylation sites (tertiary alicyclic amines) is 1. The number of ether oxygens (including phenoxy) is 1. The SMILES string of the molecule is CCOc1ccccc1NC(=O)Nc1ccc(CC(=O)N2CCC(O)CC2)cc1. The van der Waals surface area contributed by atoms with Gasteiger partial charge in [0.05, 0.1) is 24.8 Å². The Morgan fingerprint density at radius 1 is 1.07 bits per heavy atom. The van der Waals surface area contributed by atoms with Crippen LogP contribution in [-0.4, -0.2) is 47.7 Å². The predicted octanol–water partition coefficient (Wildman–Crippen LogP) is 3.26. The summed E-state index contributed by atoms with van der Waals surface area (Å²) in [4.78, 5) is 26.4. The fourth-order valence-corrected chi connectivity index (χ4v) is 3.24. The number of nitrogens with zero attached hydrogens (tertiary/aromatic N) is 1. The van der Waals surface area contributed by atoms with Gasteiger partial charge in [0.25, 0.3) is 0 Å². The van der Waals surface area contributed by atoms with E-state index in [1.165, 1.54) is 0 Å². The van der Waals surface area contributed by atoms with E-state index in [4.69, 9.17) is 4.74 Å². The summed E-state index contributed by atoms with van der Waals surface area (Å²) in [5.41, 5.74) is 2.11. The maximum Gasteiger partial charge on any atom is 0.323 e. The number of piperidine rings is 1. The number of anilines is 2. The summed E-state index contributed by atoms with van der Waals surface area (Å²) < 4.78 is 5.50. The smallest absolute Gasteiger partial charge is 0.323 e. The van der Waals surface area contributed by atoms with Gasteiger partial charge in [-0.1, -0.05) is 24.3 Å². The summed E-state index contributed by atoms with van der Waals surface area (Å²) in [5.74, 6) is 0.673. The van der Waals surface area contributed by atoms with E-state index in [0.717, 1.165) is 5.56 Å². The number of para-hydroxylation sites is 2. The number of rotatable bonds is 6. The lowest BCUT2D eigenvalue weighted by atomic mass is 10.1. The van der Waals surface area contributed by atoms with Crippen molar-refractivity contribution >= 4 is 23.3 Å². The Morgan fingerprint density at radius 2 is 1.76 bits per heavy atom. The molecule has 0 saturated carbocycles. The molecule has 154 valence electrons. The van der Waals surface area contributed by atoms with Crippen molar-refractivity contribution in [3.8, 4) is 5.75 Å². The minimum Gasteiger partial charge on any atom is -0.492 e. The van der Waals surface area contributed by atoms with Crippen LogP contribution in [0.25, 0.3) is 0 Å². The Bertz CT molecular complexity index is 830. The monoisotopic (exact) mass is 397 g/mol. The number of carbonyl (C=O) groups is 2. The molecule has 1 saturated heterocycles. The highest BCUT2D eigenvalue weighted by molar-refractivity contribution is 6.00. The molecule has 1 heterocycles. The Hall–Kier alpha value is -3.06. The summed E-state index contributed by atoms with van der Waals surface area (Å²) in [7, 11) is 0. The van der Waals surface area contributed by atoms with Crippen molar-refractivity contribution in [1.82, 2.24) is 4.90 Å². The van der Waals surface area contributed by atoms with Crippen LogP contribution in [0, 0.1) is 0 Å². The zero-order valence-corrected chi connectivity index (χ0v) is 16.6. The molecule has 0 radical (unpaired) electrons. The van der Waals surface area contributed by atoms with Crippen LogP contribution in [0.1, 0.15) is 25.3 Å². The van der Waals surface area contributed by atoms with Crippen molar-refractivity contribution < 1.29 is 19.4 Å². The molecule has 3 N–H and O–H groups in total. The summed E-state index contributed by atoms with van der Waals surface area (Å²) in [6.07, 6.45) is 1.28. The van der Waals surface area contributed by atoms with Crippen molar-refractivity contribution in [3.05, 3.63) is 54.1 Å². The number of hydrogen-bond donors (Lipinski definition) is 3. The first-order valence-electron chi connectivity index (χ1n) is 9.89. The zero-order valence-electron chi connectivity index (χ0n) is 16.6. The first kappa shape index (κ1) is 20.7. The molecule has 2 aromatic rings. The second-order valence-electron chi connectivity index (χ2n) is 6.99. The molecule has 0 bridgehead atoms. The Balaban J connectivity index is 1.52. The standard InChI is InChI=1S/C22H27N3O4/c1-2-29-20-6-4-3-5-19(20)24-22(28)23-17-9-7-16(8-10-17)15-21(27)25-13-11-18(26)12-14-25/h3-10,18,26H,2,11-15H2,1H3,(H2,23,24,28). The third-order valence-corrected chi connectivity index (χ3v) is 4.82. The van der Waals surface area contributed by atoms with E-state index in [0.29, 0.717) is 56.1 Å². The van der Waals surface area contributed by atoms with Gasteiger partial charge < -0.3 is 25.4 Å². The van der Waals surface area contributed by atoms with Crippen LogP contribution in [0.3, 0.4) is 0 Å². The van der Waals surface area contributed by atoms with Gasteiger partial charge in [0.1, 0.15) is 5.75 Å². The van der Waals surface area contributed by atoms with E-state index in [2.05, 4.69) is 10.6 Å². The zero-order chi connectivity index (χ0) is 20.6. The van der Waals surface area contributed by atoms with Gasteiger partial charge in [0.2, 0.25) is 5.91 Å². The molecule has 0 aliphatic carbocycles. The molecular formula is C22H27N3O4. The Morgan fingerprint density at radius 3 is 2.45 bits per heavy atom. The number of benzene rings is 2. The van der Waals surface area contributed by atoms with Gasteiger partial charge >= 0.3 is 6.03 Å². The van der Waals surface area contributed by atoms with Crippen molar-refractivity contribution in [3.63, 3.8) is 0 Å². The summed E-state index contributed by atoms with van der Waals surface area (Å²) >= 11 is 0. The quantitative estimate of drug-likeness (QED) is 0.698. The highest BCUT2D eigenvalue weighted by Crippen LogP contribution is 2.24. The summed E-state index contributed by atoms with van der Waals surface area (Å²) in [5, 5.41) is 15.1. The van der Waals surface area contributed by atoms with Gasteiger partial charge in [-0.15, -0.1) is 0 Å². The highest BCUT2D eigenvalue weighted by atomic mass is 16.5. The normalized spacial score (nSPS) is 14.3. The number of aliphatic hydroxyl groups excluding tert-OH is 1. The molecule has 3 rings (SSSR count). The summed E-state index contributed by atoms with van der Waals surface area (Å²) in [6.45, 7) is 3.60. The van der Waals surface area contributed by atoms with Crippen LogP contribution >= 0.6 is 0 Å². The maximum atomic E-state index is 12.4. The second kappa shape index (κ2) is 9.93. The molecule has 1 aliphatic rings. The highest BCUT2D eigenvalue weighted by Gasteiger charge is 2.21. The number of aliphatic hydroxyl groups is 1. The minimum absolute atomic E-state index is 0.0582. The molecule has 0 atom stereocenters. The van der Waals surface area contributed by atoms with Crippen molar-refractivity contribution in [2.75, 3.05) is 30.3 Å². The van der Waals surface area contributed by atoms with E-state index in [1.807, 2.05) is 31.2 Å². The minimum atomic E-state index is -0.368. The van der Waals surface area contributed by atoms with Crippen LogP contribution in [-0.2, 0) is 11.2 Å². The maximum absolute atomic E-state index is 12.4. The van der Waals surface area contributed by atoms with Gasteiger partial charge in [0.15, 0.2) is 0 Å². The predicted molar refractivity (Wildman–Crippen MR) is 112 cm³/mol. The molecule has 2 aromatic carbocycles. The Kier molecular flexibility index (Phi) is 7.08. The van der Waals surface area contributed by atoms with E-state index in [9.17, 15) is 14.7 Å². The van der Waals surface area contributed by atoms with Crippen LogP contribution in [0.5, 0.6) is 5.75 Å². The van der Waals surface area contributed by atoms with E-state index >= 15 is 0 Å². The first-order valence-corrected chi connectivity index (χ1v) is 9.89. The Labute approximate surface area is 170 Å². The summed E-state index contributed by atoms with van der Waals surface area (Å²) in [6, 6.07) is 14.1. The number of urea groups is 1. The van der Waals surface area contributed by atoms with Crippen molar-refractivity contribution in [1.29, 1.82) is 0 Å². The number of amides is 3. The van der Waals surface area contributed by atoms with E-state index in [1.54, 1.807) is 29.2 Å². The first-order chi connectivity index (χ1) is 14.0. The molecule has 7 nitrogen and oxygen atoms in total. The molecule has 0 spiro atoms. The van der Waals surface area contributed by atoms with Gasteiger partial charge in [-0.05, 0) is 49.6 Å². The fraction of sp³-hybridized carbons (Fsp3) is 0.364. The molecule has 1 aliphatic heterocycles. The lowest BCUT2D eigenvalue weighted by molar-refractivity contribution is -0.132. The van der Waals surface area contributed by atoms with Crippen LogP contribution in [0.15, 0.2) is 48.5 Å².